The number of halogens is 3. The number of rotatable bonds is 7. The summed E-state index contributed by atoms with van der Waals surface area (Å²) in [5.41, 5.74) is 2.31. The molecule has 3 heteroatoms. The number of hydrogen-bond acceptors (Lipinski definition) is 0. The van der Waals surface area contributed by atoms with E-state index in [0.717, 1.165) is 29.3 Å². The van der Waals surface area contributed by atoms with Crippen LogP contribution in [0.15, 0.2) is 48.5 Å². The average molecular weight is 356 g/mol. The van der Waals surface area contributed by atoms with Crippen LogP contribution in [-0.2, 0) is 6.42 Å². The van der Waals surface area contributed by atoms with Gasteiger partial charge in [0.15, 0.2) is 17.5 Å². The summed E-state index contributed by atoms with van der Waals surface area (Å²) in [6.07, 6.45) is 7.35. The fourth-order valence-corrected chi connectivity index (χ4v) is 3.29. The van der Waals surface area contributed by atoms with E-state index in [0.29, 0.717) is 11.1 Å². The third-order valence-electron chi connectivity index (χ3n) is 4.79. The molecule has 0 fully saturated rings. The normalized spacial score (nSPS) is 11.2. The zero-order valence-corrected chi connectivity index (χ0v) is 15.0. The molecule has 3 aromatic carbocycles. The van der Waals surface area contributed by atoms with Crippen LogP contribution in [0.3, 0.4) is 0 Å². The standard InChI is InChI=1S/C23H23F3/c1-2-3-4-5-6-7-16-8-9-18-13-19(11-10-17(18)12-16)20-14-21(24)23(26)22(25)15-20/h8-15H,2-7H2,1H3. The molecule has 0 aliphatic rings. The minimum absolute atomic E-state index is 0.336. The van der Waals surface area contributed by atoms with Gasteiger partial charge in [0.2, 0.25) is 0 Å². The Labute approximate surface area is 152 Å². The largest absolute Gasteiger partial charge is 0.204 e. The van der Waals surface area contributed by atoms with Gasteiger partial charge in [-0.3, -0.25) is 0 Å². The first-order valence-electron chi connectivity index (χ1n) is 9.26. The summed E-state index contributed by atoms with van der Waals surface area (Å²) < 4.78 is 40.1. The molecule has 136 valence electrons. The van der Waals surface area contributed by atoms with Crippen molar-refractivity contribution in [3.63, 3.8) is 0 Å². The predicted molar refractivity (Wildman–Crippen MR) is 102 cm³/mol. The zero-order chi connectivity index (χ0) is 18.5. The van der Waals surface area contributed by atoms with Crippen molar-refractivity contribution >= 4 is 10.8 Å². The van der Waals surface area contributed by atoms with E-state index in [1.165, 1.54) is 37.7 Å². The van der Waals surface area contributed by atoms with E-state index in [1.807, 2.05) is 24.3 Å². The van der Waals surface area contributed by atoms with Gasteiger partial charge >= 0.3 is 0 Å². The van der Waals surface area contributed by atoms with E-state index in [1.54, 1.807) is 0 Å². The minimum atomic E-state index is -1.43. The summed E-state index contributed by atoms with van der Waals surface area (Å²) in [5.74, 6) is -3.77. The lowest BCUT2D eigenvalue weighted by Gasteiger charge is -2.08. The van der Waals surface area contributed by atoms with Gasteiger partial charge in [-0.2, -0.15) is 0 Å². The van der Waals surface area contributed by atoms with Crippen molar-refractivity contribution in [3.05, 3.63) is 71.5 Å². The van der Waals surface area contributed by atoms with Crippen LogP contribution in [0, 0.1) is 17.5 Å². The van der Waals surface area contributed by atoms with Crippen molar-refractivity contribution in [3.8, 4) is 11.1 Å². The molecule has 0 radical (unpaired) electrons. The lowest BCUT2D eigenvalue weighted by atomic mass is 9.98. The van der Waals surface area contributed by atoms with Gasteiger partial charge in [-0.15, -0.1) is 0 Å². The second-order valence-corrected chi connectivity index (χ2v) is 6.81. The third kappa shape index (κ3) is 4.27. The van der Waals surface area contributed by atoms with Crippen molar-refractivity contribution in [2.75, 3.05) is 0 Å². The third-order valence-corrected chi connectivity index (χ3v) is 4.79. The molecule has 0 saturated heterocycles. The smallest absolute Gasteiger partial charge is 0.194 e. The molecule has 0 aliphatic heterocycles. The number of hydrogen-bond donors (Lipinski definition) is 0. The molecule has 0 aliphatic carbocycles. The van der Waals surface area contributed by atoms with Gasteiger partial charge in [-0.25, -0.2) is 13.2 Å². The van der Waals surface area contributed by atoms with Crippen molar-refractivity contribution < 1.29 is 13.2 Å². The summed E-state index contributed by atoms with van der Waals surface area (Å²) in [5, 5.41) is 2.10. The quantitative estimate of drug-likeness (QED) is 0.305. The molecule has 0 saturated carbocycles. The molecule has 0 N–H and O–H groups in total. The lowest BCUT2D eigenvalue weighted by Crippen LogP contribution is -1.92. The SMILES string of the molecule is CCCCCCCc1ccc2cc(-c3cc(F)c(F)c(F)c3)ccc2c1. The highest BCUT2D eigenvalue weighted by Crippen LogP contribution is 2.28. The fraction of sp³-hybridized carbons (Fsp3) is 0.304. The Morgan fingerprint density at radius 3 is 2.04 bits per heavy atom. The molecular weight excluding hydrogens is 333 g/mol. The number of aryl methyl sites for hydroxylation is 1. The molecule has 0 amide bonds. The van der Waals surface area contributed by atoms with Crippen LogP contribution in [0.5, 0.6) is 0 Å². The van der Waals surface area contributed by atoms with Gasteiger partial charge < -0.3 is 0 Å². The first-order valence-corrected chi connectivity index (χ1v) is 9.26. The molecule has 0 heterocycles. The Hall–Kier alpha value is -2.29. The van der Waals surface area contributed by atoms with Crippen molar-refractivity contribution in [1.82, 2.24) is 0 Å². The maximum absolute atomic E-state index is 13.5. The molecular formula is C23H23F3. The second kappa shape index (κ2) is 8.39. The molecule has 3 rings (SSSR count). The molecule has 0 spiro atoms. The highest BCUT2D eigenvalue weighted by atomic mass is 19.2. The van der Waals surface area contributed by atoms with E-state index >= 15 is 0 Å². The molecule has 0 atom stereocenters. The summed E-state index contributed by atoms with van der Waals surface area (Å²) in [6.45, 7) is 2.21. The molecule has 0 aromatic heterocycles. The Kier molecular flexibility index (Phi) is 5.97. The molecule has 0 unspecified atom stereocenters. The Morgan fingerprint density at radius 1 is 0.654 bits per heavy atom. The van der Waals surface area contributed by atoms with Gasteiger partial charge in [-0.05, 0) is 58.5 Å². The van der Waals surface area contributed by atoms with Crippen LogP contribution in [0.25, 0.3) is 21.9 Å². The highest BCUT2D eigenvalue weighted by Gasteiger charge is 2.12. The lowest BCUT2D eigenvalue weighted by molar-refractivity contribution is 0.448. The first kappa shape index (κ1) is 18.5. The Bertz CT molecular complexity index is 876. The fourth-order valence-electron chi connectivity index (χ4n) is 3.29. The summed E-state index contributed by atoms with van der Waals surface area (Å²) >= 11 is 0. The van der Waals surface area contributed by atoms with Crippen LogP contribution >= 0.6 is 0 Å². The van der Waals surface area contributed by atoms with Crippen LogP contribution < -0.4 is 0 Å². The van der Waals surface area contributed by atoms with Crippen molar-refractivity contribution in [2.45, 2.75) is 45.4 Å². The van der Waals surface area contributed by atoms with E-state index in [4.69, 9.17) is 0 Å². The Balaban J connectivity index is 1.78. The topological polar surface area (TPSA) is 0 Å². The Morgan fingerprint density at radius 2 is 1.31 bits per heavy atom. The number of benzene rings is 3. The number of fused-ring (bicyclic) bond motifs is 1. The van der Waals surface area contributed by atoms with E-state index in [-0.39, 0.29) is 0 Å². The van der Waals surface area contributed by atoms with Crippen molar-refractivity contribution in [2.24, 2.45) is 0 Å². The van der Waals surface area contributed by atoms with Gasteiger partial charge in [0.1, 0.15) is 0 Å². The summed E-state index contributed by atoms with van der Waals surface area (Å²) in [4.78, 5) is 0. The highest BCUT2D eigenvalue weighted by molar-refractivity contribution is 5.87. The predicted octanol–water partition coefficient (Wildman–Crippen LogP) is 7.44. The van der Waals surface area contributed by atoms with E-state index in [9.17, 15) is 13.2 Å². The second-order valence-electron chi connectivity index (χ2n) is 6.81. The first-order chi connectivity index (χ1) is 12.6. The zero-order valence-electron chi connectivity index (χ0n) is 15.0. The van der Waals surface area contributed by atoms with Gasteiger partial charge in [0.25, 0.3) is 0 Å². The maximum Gasteiger partial charge on any atom is 0.194 e. The summed E-state index contributed by atoms with van der Waals surface area (Å²) in [6, 6.07) is 14.0. The van der Waals surface area contributed by atoms with Crippen LogP contribution in [-0.4, -0.2) is 0 Å². The van der Waals surface area contributed by atoms with E-state index in [2.05, 4.69) is 19.1 Å². The average Bonchev–Trinajstić information content (AvgIpc) is 2.65. The molecule has 26 heavy (non-hydrogen) atoms. The van der Waals surface area contributed by atoms with Crippen LogP contribution in [0.4, 0.5) is 13.2 Å². The molecule has 3 aromatic rings. The molecule has 0 nitrogen and oxygen atoms in total. The van der Waals surface area contributed by atoms with Crippen molar-refractivity contribution in [1.29, 1.82) is 0 Å². The maximum atomic E-state index is 13.5. The van der Waals surface area contributed by atoms with Crippen LogP contribution in [0.2, 0.25) is 0 Å². The molecule has 0 bridgehead atoms. The monoisotopic (exact) mass is 356 g/mol. The minimum Gasteiger partial charge on any atom is -0.204 e. The van der Waals surface area contributed by atoms with Gasteiger partial charge in [0.05, 0.1) is 0 Å². The van der Waals surface area contributed by atoms with Gasteiger partial charge in [-0.1, -0.05) is 62.9 Å². The summed E-state index contributed by atoms with van der Waals surface area (Å²) in [7, 11) is 0. The van der Waals surface area contributed by atoms with Gasteiger partial charge in [0, 0.05) is 0 Å². The number of unbranched alkanes of at least 4 members (excludes halogenated alkanes) is 4. The van der Waals surface area contributed by atoms with Crippen LogP contribution in [0.1, 0.15) is 44.6 Å². The van der Waals surface area contributed by atoms with E-state index < -0.39 is 17.5 Å².